The smallest absolute Gasteiger partial charge is 0.354 e. The van der Waals surface area contributed by atoms with Crippen molar-refractivity contribution in [2.75, 3.05) is 31.1 Å². The molecule has 0 saturated carbocycles. The molecule has 0 unspecified atom stereocenters. The second kappa shape index (κ2) is 6.26. The maximum absolute atomic E-state index is 12.8. The van der Waals surface area contributed by atoms with Gasteiger partial charge in [0.2, 0.25) is 5.91 Å². The van der Waals surface area contributed by atoms with Crippen molar-refractivity contribution in [3.05, 3.63) is 30.1 Å². The lowest BCUT2D eigenvalue weighted by atomic mass is 10.2. The number of alkyl halides is 3. The van der Waals surface area contributed by atoms with Gasteiger partial charge in [0.15, 0.2) is 0 Å². The number of hydrogen-bond donors (Lipinski definition) is 0. The number of aromatic nitrogens is 2. The molecule has 0 bridgehead atoms. The highest BCUT2D eigenvalue weighted by molar-refractivity contribution is 5.89. The van der Waals surface area contributed by atoms with Crippen LogP contribution in [-0.4, -0.2) is 47.0 Å². The van der Waals surface area contributed by atoms with Crippen LogP contribution >= 0.6 is 0 Å². The summed E-state index contributed by atoms with van der Waals surface area (Å²) in [6.45, 7) is 4.06. The quantitative estimate of drug-likeness (QED) is 0.802. The Labute approximate surface area is 137 Å². The molecule has 128 valence electrons. The molecule has 0 aromatic carbocycles. The predicted octanol–water partition coefficient (Wildman–Crippen LogP) is 2.71. The lowest BCUT2D eigenvalue weighted by Gasteiger charge is -2.23. The van der Waals surface area contributed by atoms with Gasteiger partial charge < -0.3 is 9.80 Å². The van der Waals surface area contributed by atoms with E-state index in [4.69, 9.17) is 0 Å². The van der Waals surface area contributed by atoms with Crippen molar-refractivity contribution < 1.29 is 18.0 Å². The fourth-order valence-corrected chi connectivity index (χ4v) is 2.89. The fourth-order valence-electron chi connectivity index (χ4n) is 2.89. The molecule has 2 aromatic rings. The van der Waals surface area contributed by atoms with E-state index < -0.39 is 11.9 Å². The van der Waals surface area contributed by atoms with Crippen LogP contribution in [0.4, 0.5) is 19.0 Å². The maximum Gasteiger partial charge on any atom is 0.433 e. The molecule has 1 amide bonds. The Kier molecular flexibility index (Phi) is 4.29. The van der Waals surface area contributed by atoms with Crippen LogP contribution in [0.5, 0.6) is 0 Å². The summed E-state index contributed by atoms with van der Waals surface area (Å²) in [5.41, 5.74) is -0.645. The van der Waals surface area contributed by atoms with Gasteiger partial charge in [-0.15, -0.1) is 0 Å². The minimum Gasteiger partial charge on any atom is -0.354 e. The van der Waals surface area contributed by atoms with E-state index in [-0.39, 0.29) is 11.4 Å². The number of amides is 1. The standard InChI is InChI=1S/C16H17F3N4O/c1-11(24)22-7-2-8-23(10-9-22)15-12-3-4-14(16(17,18)19)21-13(12)5-6-20-15/h3-6H,2,7-10H2,1H3. The molecule has 0 atom stereocenters. The van der Waals surface area contributed by atoms with E-state index in [1.807, 2.05) is 4.90 Å². The van der Waals surface area contributed by atoms with Gasteiger partial charge in [0, 0.05) is 44.7 Å². The number of carbonyl (C=O) groups is 1. The average Bonchev–Trinajstić information content (AvgIpc) is 2.79. The summed E-state index contributed by atoms with van der Waals surface area (Å²) in [6, 6.07) is 3.88. The predicted molar refractivity (Wildman–Crippen MR) is 83.6 cm³/mol. The van der Waals surface area contributed by atoms with Gasteiger partial charge in [0.1, 0.15) is 11.5 Å². The van der Waals surface area contributed by atoms with Crippen molar-refractivity contribution >= 4 is 22.6 Å². The summed E-state index contributed by atoms with van der Waals surface area (Å²) in [7, 11) is 0. The molecule has 1 saturated heterocycles. The number of nitrogens with zero attached hydrogens (tertiary/aromatic N) is 4. The van der Waals surface area contributed by atoms with E-state index in [9.17, 15) is 18.0 Å². The first kappa shape index (κ1) is 16.5. The van der Waals surface area contributed by atoms with Crippen LogP contribution in [0.25, 0.3) is 10.9 Å². The molecule has 8 heteroatoms. The Bertz CT molecular complexity index is 763. The zero-order chi connectivity index (χ0) is 17.3. The van der Waals surface area contributed by atoms with Crippen LogP contribution in [0.2, 0.25) is 0 Å². The number of anilines is 1. The summed E-state index contributed by atoms with van der Waals surface area (Å²) < 4.78 is 38.5. The maximum atomic E-state index is 12.8. The van der Waals surface area contributed by atoms with E-state index >= 15 is 0 Å². The lowest BCUT2D eigenvalue weighted by Crippen LogP contribution is -2.33. The molecule has 0 spiro atoms. The molecule has 0 aliphatic carbocycles. The minimum absolute atomic E-state index is 0.0271. The molecule has 3 rings (SSSR count). The number of halogens is 3. The Morgan fingerprint density at radius 2 is 1.92 bits per heavy atom. The SMILES string of the molecule is CC(=O)N1CCCN(c2nccc3nc(C(F)(F)F)ccc23)CC1. The van der Waals surface area contributed by atoms with Gasteiger partial charge >= 0.3 is 6.18 Å². The Hall–Kier alpha value is -2.38. The van der Waals surface area contributed by atoms with E-state index in [0.29, 0.717) is 37.4 Å². The third-order valence-electron chi connectivity index (χ3n) is 4.13. The van der Waals surface area contributed by atoms with Crippen LogP contribution in [0.1, 0.15) is 19.0 Å². The average molecular weight is 338 g/mol. The number of carbonyl (C=O) groups excluding carboxylic acids is 1. The van der Waals surface area contributed by atoms with Gasteiger partial charge in [0.25, 0.3) is 0 Å². The van der Waals surface area contributed by atoms with Crippen LogP contribution in [0, 0.1) is 0 Å². The first-order valence-corrected chi connectivity index (χ1v) is 7.69. The van der Waals surface area contributed by atoms with Crippen molar-refractivity contribution in [3.8, 4) is 0 Å². The van der Waals surface area contributed by atoms with Crippen molar-refractivity contribution in [2.45, 2.75) is 19.5 Å². The van der Waals surface area contributed by atoms with Crippen molar-refractivity contribution in [3.63, 3.8) is 0 Å². The minimum atomic E-state index is -4.47. The van der Waals surface area contributed by atoms with Gasteiger partial charge in [-0.3, -0.25) is 4.79 Å². The molecule has 0 N–H and O–H groups in total. The highest BCUT2D eigenvalue weighted by atomic mass is 19.4. The topological polar surface area (TPSA) is 49.3 Å². The third kappa shape index (κ3) is 3.27. The van der Waals surface area contributed by atoms with E-state index in [1.54, 1.807) is 4.90 Å². The van der Waals surface area contributed by atoms with Crippen LogP contribution in [0.15, 0.2) is 24.4 Å². The second-order valence-corrected chi connectivity index (χ2v) is 5.74. The number of fused-ring (bicyclic) bond motifs is 1. The van der Waals surface area contributed by atoms with Crippen molar-refractivity contribution in [1.29, 1.82) is 0 Å². The summed E-state index contributed by atoms with van der Waals surface area (Å²) in [4.78, 5) is 23.3. The molecular formula is C16H17F3N4O. The van der Waals surface area contributed by atoms with Crippen LogP contribution < -0.4 is 4.90 Å². The number of pyridine rings is 2. The zero-order valence-electron chi connectivity index (χ0n) is 13.2. The largest absolute Gasteiger partial charge is 0.433 e. The fraction of sp³-hybridized carbons (Fsp3) is 0.438. The molecule has 5 nitrogen and oxygen atoms in total. The first-order valence-electron chi connectivity index (χ1n) is 7.69. The summed E-state index contributed by atoms with van der Waals surface area (Å²) >= 11 is 0. The van der Waals surface area contributed by atoms with Gasteiger partial charge in [-0.2, -0.15) is 13.2 Å². The van der Waals surface area contributed by atoms with Crippen LogP contribution in [-0.2, 0) is 11.0 Å². The van der Waals surface area contributed by atoms with E-state index in [2.05, 4.69) is 9.97 Å². The lowest BCUT2D eigenvalue weighted by molar-refractivity contribution is -0.141. The third-order valence-corrected chi connectivity index (χ3v) is 4.13. The zero-order valence-corrected chi connectivity index (χ0v) is 13.2. The summed E-state index contributed by atoms with van der Waals surface area (Å²) in [5.74, 6) is 0.637. The highest BCUT2D eigenvalue weighted by Crippen LogP contribution is 2.31. The molecule has 24 heavy (non-hydrogen) atoms. The monoisotopic (exact) mass is 338 g/mol. The normalized spacial score (nSPS) is 16.3. The molecule has 2 aromatic heterocycles. The van der Waals surface area contributed by atoms with Crippen molar-refractivity contribution in [1.82, 2.24) is 14.9 Å². The molecule has 1 aliphatic heterocycles. The van der Waals surface area contributed by atoms with Gasteiger partial charge in [-0.25, -0.2) is 9.97 Å². The molecule has 1 aliphatic rings. The van der Waals surface area contributed by atoms with Crippen molar-refractivity contribution in [2.24, 2.45) is 0 Å². The Morgan fingerprint density at radius 3 is 2.62 bits per heavy atom. The van der Waals surface area contributed by atoms with E-state index in [0.717, 1.165) is 12.5 Å². The summed E-state index contributed by atoms with van der Waals surface area (Å²) in [5, 5.41) is 0.585. The van der Waals surface area contributed by atoms with Gasteiger partial charge in [-0.05, 0) is 24.6 Å². The second-order valence-electron chi connectivity index (χ2n) is 5.74. The first-order chi connectivity index (χ1) is 11.4. The molecule has 0 radical (unpaired) electrons. The molecule has 1 fully saturated rings. The van der Waals surface area contributed by atoms with Gasteiger partial charge in [0.05, 0.1) is 5.52 Å². The number of hydrogen-bond acceptors (Lipinski definition) is 4. The summed E-state index contributed by atoms with van der Waals surface area (Å²) in [6.07, 6.45) is -2.22. The molecular weight excluding hydrogens is 321 g/mol. The van der Waals surface area contributed by atoms with Crippen LogP contribution in [0.3, 0.4) is 0 Å². The highest BCUT2D eigenvalue weighted by Gasteiger charge is 2.32. The van der Waals surface area contributed by atoms with Gasteiger partial charge in [-0.1, -0.05) is 0 Å². The Balaban J connectivity index is 1.93. The molecule has 3 heterocycles. The van der Waals surface area contributed by atoms with E-state index in [1.165, 1.54) is 25.3 Å². The number of rotatable bonds is 1. The Morgan fingerprint density at radius 1 is 1.12 bits per heavy atom.